The number of hydrogen-bond acceptors (Lipinski definition) is 8. The molecule has 4 N–H and O–H groups in total. The number of hydrogen-bond donors (Lipinski definition) is 3. The van der Waals surface area contributed by atoms with Crippen LogP contribution in [0.1, 0.15) is 24.3 Å². The molecule has 1 unspecified atom stereocenters. The monoisotopic (exact) mass is 428 g/mol. The lowest BCUT2D eigenvalue weighted by Gasteiger charge is -2.38. The Balaban J connectivity index is 0.000000298. The first-order chi connectivity index (χ1) is 13.7. The molecule has 0 aliphatic carbocycles. The summed E-state index contributed by atoms with van der Waals surface area (Å²) in [6.45, 7) is -0.254. The van der Waals surface area contributed by atoms with E-state index in [0.29, 0.717) is 24.3 Å². The number of carbonyl (C=O) groups excluding carboxylic acids is 1. The van der Waals surface area contributed by atoms with Gasteiger partial charge in [0.2, 0.25) is 0 Å². The highest BCUT2D eigenvalue weighted by Gasteiger charge is 2.62. The van der Waals surface area contributed by atoms with Crippen LogP contribution >= 0.6 is 0 Å². The van der Waals surface area contributed by atoms with E-state index < -0.39 is 16.0 Å². The van der Waals surface area contributed by atoms with Gasteiger partial charge < -0.3 is 20.3 Å². The maximum absolute atomic E-state index is 12.4. The zero-order valence-electron chi connectivity index (χ0n) is 16.3. The number of rotatable bonds is 6. The van der Waals surface area contributed by atoms with E-state index in [1.54, 1.807) is 0 Å². The third kappa shape index (κ3) is 5.33. The fourth-order valence-corrected chi connectivity index (χ4v) is 4.49. The summed E-state index contributed by atoms with van der Waals surface area (Å²) in [6, 6.07) is 10.1. The van der Waals surface area contributed by atoms with Gasteiger partial charge >= 0.3 is 5.97 Å². The Morgan fingerprint density at radius 1 is 1.28 bits per heavy atom. The molecule has 10 heteroatoms. The van der Waals surface area contributed by atoms with E-state index in [2.05, 4.69) is 11.9 Å². The van der Waals surface area contributed by atoms with E-state index >= 15 is 0 Å². The molecular formula is C19H28N2O7S. The number of piperidine rings is 1. The molecule has 0 radical (unpaired) electrons. The Bertz CT molecular complexity index is 786. The molecule has 0 aromatic heterocycles. The number of nitrogens with zero attached hydrogens (tertiary/aromatic N) is 1. The van der Waals surface area contributed by atoms with Crippen molar-refractivity contribution in [3.05, 3.63) is 35.9 Å². The summed E-state index contributed by atoms with van der Waals surface area (Å²) < 4.78 is 38.7. The second-order valence-corrected chi connectivity index (χ2v) is 9.19. The largest absolute Gasteiger partial charge is 0.462 e. The maximum Gasteiger partial charge on any atom is 0.316 e. The molecule has 0 amide bonds. The van der Waals surface area contributed by atoms with Crippen LogP contribution in [0.25, 0.3) is 0 Å². The molecule has 29 heavy (non-hydrogen) atoms. The van der Waals surface area contributed by atoms with Crippen LogP contribution in [0.2, 0.25) is 0 Å². The number of nitrogens with two attached hydrogens (primary N) is 1. The maximum atomic E-state index is 12.4. The van der Waals surface area contributed by atoms with Gasteiger partial charge in [-0.3, -0.25) is 14.2 Å². The summed E-state index contributed by atoms with van der Waals surface area (Å²) in [4.78, 5) is 14.8. The molecule has 9 nitrogen and oxygen atoms in total. The highest BCUT2D eigenvalue weighted by molar-refractivity contribution is 7.85. The molecule has 3 fully saturated rings. The van der Waals surface area contributed by atoms with Crippen LogP contribution in [0.3, 0.4) is 0 Å². The first-order valence-corrected chi connectivity index (χ1v) is 11.2. The second-order valence-electron chi connectivity index (χ2n) is 7.62. The highest BCUT2D eigenvalue weighted by Crippen LogP contribution is 2.48. The van der Waals surface area contributed by atoms with Gasteiger partial charge in [0.05, 0.1) is 12.4 Å². The lowest BCUT2D eigenvalue weighted by molar-refractivity contribution is -0.156. The topological polar surface area (TPSA) is 143 Å². The van der Waals surface area contributed by atoms with Gasteiger partial charge in [-0.05, 0) is 12.6 Å². The predicted octanol–water partition coefficient (Wildman–Crippen LogP) is -0.249. The molecule has 3 saturated heterocycles. The Hall–Kier alpha value is -1.56. The first-order valence-electron chi connectivity index (χ1n) is 9.64. The molecule has 1 aromatic rings. The summed E-state index contributed by atoms with van der Waals surface area (Å²) in [5.41, 5.74) is 5.58. The molecule has 2 bridgehead atoms. The molecule has 6 atom stereocenters. The van der Waals surface area contributed by atoms with Crippen molar-refractivity contribution < 1.29 is 32.3 Å². The number of epoxide rings is 1. The Morgan fingerprint density at radius 3 is 2.31 bits per heavy atom. The zero-order chi connectivity index (χ0) is 21.2. The quantitative estimate of drug-likeness (QED) is 0.317. The lowest BCUT2D eigenvalue weighted by Crippen LogP contribution is -2.48. The fraction of sp³-hybridized carbons (Fsp3) is 0.632. The molecule has 1 aromatic carbocycles. The van der Waals surface area contributed by atoms with Crippen molar-refractivity contribution in [1.82, 2.24) is 4.90 Å². The Kier molecular flexibility index (Phi) is 6.92. The smallest absolute Gasteiger partial charge is 0.316 e. The van der Waals surface area contributed by atoms with Crippen LogP contribution in [-0.4, -0.2) is 85.3 Å². The van der Waals surface area contributed by atoms with Crippen LogP contribution < -0.4 is 5.73 Å². The number of fused-ring (bicyclic) bond motifs is 5. The highest BCUT2D eigenvalue weighted by atomic mass is 32.2. The van der Waals surface area contributed by atoms with Crippen molar-refractivity contribution >= 4 is 16.1 Å². The van der Waals surface area contributed by atoms with Crippen molar-refractivity contribution in [2.75, 3.05) is 26.0 Å². The lowest BCUT2D eigenvalue weighted by atomic mass is 9.97. The molecule has 3 heterocycles. The van der Waals surface area contributed by atoms with Crippen molar-refractivity contribution in [2.45, 2.75) is 49.2 Å². The average molecular weight is 429 g/mol. The van der Waals surface area contributed by atoms with Gasteiger partial charge in [-0.1, -0.05) is 30.3 Å². The normalized spacial score (nSPS) is 31.2. The second kappa shape index (κ2) is 9.07. The van der Waals surface area contributed by atoms with Gasteiger partial charge in [0.1, 0.15) is 24.2 Å². The third-order valence-electron chi connectivity index (χ3n) is 5.70. The predicted molar refractivity (Wildman–Crippen MR) is 105 cm³/mol. The van der Waals surface area contributed by atoms with E-state index in [0.717, 1.165) is 18.4 Å². The van der Waals surface area contributed by atoms with Crippen molar-refractivity contribution in [3.8, 4) is 0 Å². The molecule has 3 aliphatic rings. The summed E-state index contributed by atoms with van der Waals surface area (Å²) >= 11 is 0. The fourth-order valence-electron chi connectivity index (χ4n) is 4.19. The van der Waals surface area contributed by atoms with Gasteiger partial charge in [-0.25, -0.2) is 0 Å². The number of likely N-dealkylation sites (N-methyl/N-ethyl adjacent to an activating group) is 1. The van der Waals surface area contributed by atoms with Crippen LogP contribution in [0.15, 0.2) is 30.3 Å². The van der Waals surface area contributed by atoms with Crippen LogP contribution in [0, 0.1) is 0 Å². The van der Waals surface area contributed by atoms with Crippen LogP contribution in [0.4, 0.5) is 0 Å². The van der Waals surface area contributed by atoms with Gasteiger partial charge in [-0.2, -0.15) is 8.42 Å². The third-order valence-corrected chi connectivity index (χ3v) is 6.45. The number of aliphatic hydroxyl groups is 1. The van der Waals surface area contributed by atoms with Gasteiger partial charge in [0.25, 0.3) is 10.1 Å². The summed E-state index contributed by atoms with van der Waals surface area (Å²) in [6.07, 6.45) is 2.26. The summed E-state index contributed by atoms with van der Waals surface area (Å²) in [5.74, 6) is -1.27. The summed E-state index contributed by atoms with van der Waals surface area (Å²) in [7, 11) is -1.67. The number of ether oxygens (including phenoxy) is 2. The van der Waals surface area contributed by atoms with Crippen LogP contribution in [-0.2, 0) is 24.4 Å². The Labute approximate surface area is 170 Å². The minimum absolute atomic E-state index is 0.0289. The van der Waals surface area contributed by atoms with Crippen LogP contribution in [0.5, 0.6) is 0 Å². The first kappa shape index (κ1) is 22.1. The summed E-state index contributed by atoms with van der Waals surface area (Å²) in [5, 5.41) is 9.56. The van der Waals surface area contributed by atoms with Gasteiger partial charge in [0, 0.05) is 31.5 Å². The number of morpholine rings is 1. The molecule has 162 valence electrons. The minimum atomic E-state index is -3.80. The van der Waals surface area contributed by atoms with E-state index in [4.69, 9.17) is 19.8 Å². The van der Waals surface area contributed by atoms with E-state index in [9.17, 15) is 18.3 Å². The van der Waals surface area contributed by atoms with Gasteiger partial charge in [0.15, 0.2) is 0 Å². The Morgan fingerprint density at radius 2 is 1.86 bits per heavy atom. The van der Waals surface area contributed by atoms with Gasteiger partial charge in [-0.15, -0.1) is 0 Å². The number of benzene rings is 1. The van der Waals surface area contributed by atoms with Crippen molar-refractivity contribution in [1.29, 1.82) is 0 Å². The molecule has 3 aliphatic heterocycles. The number of esters is 1. The minimum Gasteiger partial charge on any atom is -0.462 e. The van der Waals surface area contributed by atoms with E-state index in [1.165, 1.54) is 0 Å². The molecular weight excluding hydrogens is 400 g/mol. The zero-order valence-corrected chi connectivity index (χ0v) is 17.1. The van der Waals surface area contributed by atoms with E-state index in [1.807, 2.05) is 30.3 Å². The van der Waals surface area contributed by atoms with Crippen molar-refractivity contribution in [3.63, 3.8) is 0 Å². The molecule has 0 saturated carbocycles. The number of aliphatic hydroxyl groups excluding tert-OH is 1. The molecule has 4 rings (SSSR count). The standard InChI is InChI=1S/C17H21NO4.C2H7NO3S/c1-18-13-7-11(8-14(18)16-15(13)22-16)21-17(20)12(9-19)10-5-3-2-4-6-10;3-1-2-7(4,5)6/h2-6,11-16,19H,7-9H2,1H3;1-3H2,(H,4,5,6)/t11?,12-,13-,14+,15-,16+;/m1./s1. The van der Waals surface area contributed by atoms with Crippen molar-refractivity contribution in [2.24, 2.45) is 5.73 Å². The number of carbonyl (C=O) groups is 1. The van der Waals surface area contributed by atoms with E-state index in [-0.39, 0.29) is 31.0 Å². The average Bonchev–Trinajstić information content (AvgIpc) is 3.41. The SMILES string of the molecule is CN1[C@@H]2CC(OC(=O)[C@H](CO)c3ccccc3)C[C@H]1[C@@H]1O[C@@H]12.NCCS(=O)(=O)O. The molecule has 0 spiro atoms.